The molecule has 0 spiro atoms. The van der Waals surface area contributed by atoms with Crippen LogP contribution in [0.15, 0.2) is 12.3 Å². The molecule has 1 aromatic rings. The first kappa shape index (κ1) is 10.6. The van der Waals surface area contributed by atoms with Gasteiger partial charge < -0.3 is 10.1 Å². The van der Waals surface area contributed by atoms with E-state index in [4.69, 9.17) is 4.74 Å². The Hall–Kier alpha value is -0.870. The second-order valence-electron chi connectivity index (χ2n) is 4.13. The molecule has 1 aliphatic rings. The zero-order valence-corrected chi connectivity index (χ0v) is 9.04. The zero-order chi connectivity index (χ0) is 10.3. The van der Waals surface area contributed by atoms with Gasteiger partial charge in [0.2, 0.25) is 0 Å². The molecule has 1 saturated carbocycles. The van der Waals surface area contributed by atoms with E-state index in [1.54, 1.807) is 6.20 Å². The third-order valence-electron chi connectivity index (χ3n) is 2.57. The second-order valence-corrected chi connectivity index (χ2v) is 4.13. The standard InChI is InChI=1S/C11H19N3O/c1(7-15-9-10-2-3-10)5-12-8-11-4-6-13-14-11/h4,6,10,12H,1-3,5,7-9H2,(H,13,14). The van der Waals surface area contributed by atoms with E-state index in [0.29, 0.717) is 0 Å². The maximum Gasteiger partial charge on any atom is 0.0494 e. The number of hydrogen-bond acceptors (Lipinski definition) is 3. The monoisotopic (exact) mass is 209 g/mol. The van der Waals surface area contributed by atoms with Gasteiger partial charge in [-0.1, -0.05) is 0 Å². The molecule has 0 saturated heterocycles. The molecule has 0 radical (unpaired) electrons. The Balaban J connectivity index is 1.38. The third kappa shape index (κ3) is 4.44. The highest BCUT2D eigenvalue weighted by Gasteiger charge is 2.20. The summed E-state index contributed by atoms with van der Waals surface area (Å²) in [6.07, 6.45) is 5.60. The highest BCUT2D eigenvalue weighted by molar-refractivity contribution is 4.96. The van der Waals surface area contributed by atoms with Crippen molar-refractivity contribution < 1.29 is 4.74 Å². The number of ether oxygens (including phenoxy) is 1. The fraction of sp³-hybridized carbons (Fsp3) is 0.727. The largest absolute Gasteiger partial charge is 0.381 e. The molecular weight excluding hydrogens is 190 g/mol. The predicted octanol–water partition coefficient (Wildman–Crippen LogP) is 1.32. The molecule has 4 nitrogen and oxygen atoms in total. The summed E-state index contributed by atoms with van der Waals surface area (Å²) in [4.78, 5) is 0. The third-order valence-corrected chi connectivity index (χ3v) is 2.57. The smallest absolute Gasteiger partial charge is 0.0494 e. The Morgan fingerprint density at radius 3 is 3.20 bits per heavy atom. The number of aromatic amines is 1. The van der Waals surface area contributed by atoms with Crippen LogP contribution in [0.1, 0.15) is 25.0 Å². The van der Waals surface area contributed by atoms with Crippen molar-refractivity contribution in [3.63, 3.8) is 0 Å². The van der Waals surface area contributed by atoms with E-state index in [0.717, 1.165) is 44.3 Å². The van der Waals surface area contributed by atoms with Gasteiger partial charge in [-0.3, -0.25) is 5.10 Å². The first-order valence-electron chi connectivity index (χ1n) is 5.72. The summed E-state index contributed by atoms with van der Waals surface area (Å²) >= 11 is 0. The molecule has 0 bridgehead atoms. The van der Waals surface area contributed by atoms with Gasteiger partial charge in [-0.15, -0.1) is 0 Å². The molecule has 2 rings (SSSR count). The maximum absolute atomic E-state index is 5.53. The van der Waals surface area contributed by atoms with E-state index >= 15 is 0 Å². The van der Waals surface area contributed by atoms with Crippen molar-refractivity contribution in [2.75, 3.05) is 19.8 Å². The van der Waals surface area contributed by atoms with E-state index in [2.05, 4.69) is 15.5 Å². The molecule has 84 valence electrons. The van der Waals surface area contributed by atoms with Crippen LogP contribution in [0.3, 0.4) is 0 Å². The lowest BCUT2D eigenvalue weighted by atomic mass is 10.4. The van der Waals surface area contributed by atoms with Crippen molar-refractivity contribution in [1.82, 2.24) is 15.5 Å². The van der Waals surface area contributed by atoms with Crippen LogP contribution in [0.25, 0.3) is 0 Å². The number of rotatable bonds is 8. The molecule has 1 aromatic heterocycles. The van der Waals surface area contributed by atoms with Gasteiger partial charge in [0.25, 0.3) is 0 Å². The molecule has 0 unspecified atom stereocenters. The average molecular weight is 209 g/mol. The van der Waals surface area contributed by atoms with Crippen LogP contribution >= 0.6 is 0 Å². The summed E-state index contributed by atoms with van der Waals surface area (Å²) in [6.45, 7) is 3.72. The zero-order valence-electron chi connectivity index (χ0n) is 9.04. The maximum atomic E-state index is 5.53. The minimum atomic E-state index is 0.864. The Labute approximate surface area is 90.4 Å². The summed E-state index contributed by atoms with van der Waals surface area (Å²) in [7, 11) is 0. The van der Waals surface area contributed by atoms with Gasteiger partial charge in [-0.2, -0.15) is 5.10 Å². The Morgan fingerprint density at radius 2 is 2.47 bits per heavy atom. The van der Waals surface area contributed by atoms with Crippen LogP contribution in [-0.4, -0.2) is 30.0 Å². The van der Waals surface area contributed by atoms with Crippen LogP contribution < -0.4 is 5.32 Å². The van der Waals surface area contributed by atoms with Crippen LogP contribution in [0.5, 0.6) is 0 Å². The molecule has 0 amide bonds. The van der Waals surface area contributed by atoms with Crippen LogP contribution in [0.2, 0.25) is 0 Å². The lowest BCUT2D eigenvalue weighted by molar-refractivity contribution is 0.122. The topological polar surface area (TPSA) is 49.9 Å². The van der Waals surface area contributed by atoms with Crippen molar-refractivity contribution in [3.8, 4) is 0 Å². The molecule has 15 heavy (non-hydrogen) atoms. The van der Waals surface area contributed by atoms with Gasteiger partial charge in [-0.05, 0) is 37.8 Å². The lowest BCUT2D eigenvalue weighted by Crippen LogP contribution is -2.16. The number of aromatic nitrogens is 2. The summed E-state index contributed by atoms with van der Waals surface area (Å²) in [6, 6.07) is 1.98. The summed E-state index contributed by atoms with van der Waals surface area (Å²) in [5.41, 5.74) is 1.13. The van der Waals surface area contributed by atoms with Gasteiger partial charge in [0.05, 0.1) is 0 Å². The van der Waals surface area contributed by atoms with Gasteiger partial charge in [0.15, 0.2) is 0 Å². The Kier molecular flexibility index (Phi) is 4.17. The predicted molar refractivity (Wildman–Crippen MR) is 58.5 cm³/mol. The normalized spacial score (nSPS) is 15.7. The number of nitrogens with one attached hydrogen (secondary N) is 2. The first-order valence-corrected chi connectivity index (χ1v) is 5.72. The quantitative estimate of drug-likeness (QED) is 0.635. The molecule has 2 N–H and O–H groups in total. The summed E-state index contributed by atoms with van der Waals surface area (Å²) in [5, 5.41) is 10.1. The number of H-pyrrole nitrogens is 1. The molecule has 0 atom stereocenters. The minimum absolute atomic E-state index is 0.864. The minimum Gasteiger partial charge on any atom is -0.381 e. The molecule has 4 heteroatoms. The van der Waals surface area contributed by atoms with Crippen molar-refractivity contribution in [2.45, 2.75) is 25.8 Å². The summed E-state index contributed by atoms with van der Waals surface area (Å²) < 4.78 is 5.53. The first-order chi connectivity index (χ1) is 7.45. The van der Waals surface area contributed by atoms with Crippen LogP contribution in [0.4, 0.5) is 0 Å². The van der Waals surface area contributed by atoms with Crippen molar-refractivity contribution in [2.24, 2.45) is 5.92 Å². The van der Waals surface area contributed by atoms with E-state index in [9.17, 15) is 0 Å². The molecule has 1 aliphatic carbocycles. The van der Waals surface area contributed by atoms with Crippen molar-refractivity contribution in [3.05, 3.63) is 18.0 Å². The average Bonchev–Trinajstić information content (AvgIpc) is 2.92. The second kappa shape index (κ2) is 5.88. The molecule has 0 aromatic carbocycles. The van der Waals surface area contributed by atoms with Gasteiger partial charge in [0, 0.05) is 31.6 Å². The van der Waals surface area contributed by atoms with Crippen molar-refractivity contribution in [1.29, 1.82) is 0 Å². The van der Waals surface area contributed by atoms with Gasteiger partial charge >= 0.3 is 0 Å². The number of nitrogens with zero attached hydrogens (tertiary/aromatic N) is 1. The molecule has 1 heterocycles. The van der Waals surface area contributed by atoms with E-state index in [1.165, 1.54) is 12.8 Å². The summed E-state index contributed by atoms with van der Waals surface area (Å²) in [5.74, 6) is 0.878. The van der Waals surface area contributed by atoms with E-state index in [1.807, 2.05) is 6.07 Å². The SMILES string of the molecule is c1cc(CNCCCOCC2CC2)[nH]n1. The molecule has 0 aliphatic heterocycles. The van der Waals surface area contributed by atoms with E-state index < -0.39 is 0 Å². The molecular formula is C11H19N3O. The highest BCUT2D eigenvalue weighted by atomic mass is 16.5. The van der Waals surface area contributed by atoms with Gasteiger partial charge in [0.1, 0.15) is 0 Å². The Bertz CT molecular complexity index is 257. The fourth-order valence-corrected chi connectivity index (χ4v) is 1.44. The lowest BCUT2D eigenvalue weighted by Gasteiger charge is -2.04. The Morgan fingerprint density at radius 1 is 1.53 bits per heavy atom. The van der Waals surface area contributed by atoms with E-state index in [-0.39, 0.29) is 0 Å². The fourth-order valence-electron chi connectivity index (χ4n) is 1.44. The van der Waals surface area contributed by atoms with Crippen LogP contribution in [-0.2, 0) is 11.3 Å². The van der Waals surface area contributed by atoms with Crippen LogP contribution in [0, 0.1) is 5.92 Å². The van der Waals surface area contributed by atoms with Gasteiger partial charge in [-0.25, -0.2) is 0 Å². The van der Waals surface area contributed by atoms with Crippen molar-refractivity contribution >= 4 is 0 Å². The number of hydrogen-bond donors (Lipinski definition) is 2. The molecule has 1 fully saturated rings. The highest BCUT2D eigenvalue weighted by Crippen LogP contribution is 2.28.